The van der Waals surface area contributed by atoms with Crippen LogP contribution < -0.4 is 0 Å². The van der Waals surface area contributed by atoms with Gasteiger partial charge in [-0.2, -0.15) is 3.89 Å². The minimum absolute atomic E-state index is 0.293. The van der Waals surface area contributed by atoms with Crippen LogP contribution in [0, 0.1) is 0 Å². The number of rotatable bonds is 2. The molecule has 3 atom stereocenters. The Balaban J connectivity index is 1.72. The highest BCUT2D eigenvalue weighted by Gasteiger charge is 2.75. The van der Waals surface area contributed by atoms with Crippen LogP contribution in [0.5, 0.6) is 0 Å². The van der Waals surface area contributed by atoms with Crippen molar-refractivity contribution in [1.29, 1.82) is 0 Å². The first-order chi connectivity index (χ1) is 9.95. The van der Waals surface area contributed by atoms with Crippen LogP contribution in [-0.4, -0.2) is 33.1 Å². The molecule has 0 bridgehead atoms. The van der Waals surface area contributed by atoms with Gasteiger partial charge < -0.3 is 0 Å². The van der Waals surface area contributed by atoms with Crippen LogP contribution in [0.25, 0.3) is 10.9 Å². The lowest BCUT2D eigenvalue weighted by atomic mass is 10.2. The first-order valence-electron chi connectivity index (χ1n) is 6.82. The molecule has 1 aromatic carbocycles. The molecule has 0 amide bonds. The maximum absolute atomic E-state index is 6.45. The topological polar surface area (TPSA) is 12.9 Å². The molecule has 2 aromatic rings. The molecule has 0 N–H and O–H groups in total. The van der Waals surface area contributed by atoms with Gasteiger partial charge in [0.05, 0.1) is 31.1 Å². The van der Waals surface area contributed by atoms with Gasteiger partial charge in [0.25, 0.3) is 16.5 Å². The summed E-state index contributed by atoms with van der Waals surface area (Å²) in [6, 6.07) is 12.2. The number of fused-ring (bicyclic) bond motifs is 2. The van der Waals surface area contributed by atoms with E-state index in [4.69, 9.17) is 41.0 Å². The van der Waals surface area contributed by atoms with E-state index in [0.717, 1.165) is 23.1 Å². The third-order valence-corrected chi connectivity index (χ3v) is 6.45. The van der Waals surface area contributed by atoms with Crippen molar-refractivity contribution in [3.63, 3.8) is 0 Å². The van der Waals surface area contributed by atoms with Gasteiger partial charge in [-0.15, -0.1) is 0 Å². The van der Waals surface area contributed by atoms with Crippen LogP contribution in [0.2, 0.25) is 0 Å². The molecule has 0 aliphatic carbocycles. The Hall–Kier alpha value is -0.780. The molecule has 4 rings (SSSR count). The fourth-order valence-corrected chi connectivity index (χ4v) is 4.48. The molecule has 1 fully saturated rings. The number of pyridine rings is 1. The molecule has 2 aliphatic heterocycles. The van der Waals surface area contributed by atoms with Crippen molar-refractivity contribution in [2.75, 3.05) is 13.6 Å². The smallest absolute Gasteiger partial charge is 0.247 e. The molecule has 0 radical (unpaired) electrons. The maximum Gasteiger partial charge on any atom is 0.293 e. The molecular weight excluding hydrogens is 325 g/mol. The standard InChI is InChI=1S/C15H15Cl2N3S/c1-19-9-13(19)20(21,15(17)14(19)16)8-11-7-6-10-4-2-3-5-12(10)18-11/h2-7,13,21H,8-9H2,1H3/q+2. The first-order valence-corrected chi connectivity index (χ1v) is 7.97. The Kier molecular flexibility index (Phi) is 2.88. The molecule has 3 unspecified atom stereocenters. The average Bonchev–Trinajstić information content (AvgIpc) is 3.16. The molecule has 2 aliphatic rings. The van der Waals surface area contributed by atoms with E-state index >= 15 is 0 Å². The first kappa shape index (κ1) is 13.9. The number of benzene rings is 1. The fourth-order valence-electron chi connectivity index (χ4n) is 3.18. The van der Waals surface area contributed by atoms with Gasteiger partial charge in [-0.05, 0) is 35.3 Å². The monoisotopic (exact) mass is 339 g/mol. The summed E-state index contributed by atoms with van der Waals surface area (Å²) in [5.74, 6) is 0. The lowest BCUT2D eigenvalue weighted by molar-refractivity contribution is -0.881. The van der Waals surface area contributed by atoms with Crippen LogP contribution in [0.15, 0.2) is 46.7 Å². The van der Waals surface area contributed by atoms with Crippen molar-refractivity contribution in [2.24, 2.45) is 0 Å². The summed E-state index contributed by atoms with van der Waals surface area (Å²) in [4.78, 5) is 4.72. The molecular formula is C15H15Cl2N3S+2. The Morgan fingerprint density at radius 1 is 1.19 bits per heavy atom. The maximum atomic E-state index is 6.45. The van der Waals surface area contributed by atoms with Crippen LogP contribution in [0.3, 0.4) is 0 Å². The molecule has 1 aromatic heterocycles. The number of hydrogen-bond donors (Lipinski definition) is 1. The van der Waals surface area contributed by atoms with Gasteiger partial charge in [0, 0.05) is 5.39 Å². The van der Waals surface area contributed by atoms with Crippen molar-refractivity contribution in [1.82, 2.24) is 4.98 Å². The van der Waals surface area contributed by atoms with Crippen molar-refractivity contribution < 1.29 is 8.37 Å². The Labute approximate surface area is 139 Å². The van der Waals surface area contributed by atoms with Gasteiger partial charge in [0.2, 0.25) is 0 Å². The predicted octanol–water partition coefficient (Wildman–Crippen LogP) is 3.80. The van der Waals surface area contributed by atoms with E-state index in [1.54, 1.807) is 0 Å². The summed E-state index contributed by atoms with van der Waals surface area (Å²) < 4.78 is 1.04. The van der Waals surface area contributed by atoms with Crippen molar-refractivity contribution in [3.05, 3.63) is 52.4 Å². The summed E-state index contributed by atoms with van der Waals surface area (Å²) in [5.41, 5.74) is 1.97. The van der Waals surface area contributed by atoms with Crippen molar-refractivity contribution >= 4 is 46.9 Å². The number of likely N-dealkylation sites (N-methyl/N-ethyl adjacent to an activating group) is 1. The van der Waals surface area contributed by atoms with Crippen LogP contribution in [-0.2, 0) is 6.54 Å². The van der Waals surface area contributed by atoms with Crippen LogP contribution in [0.1, 0.15) is 5.69 Å². The number of nitrogens with zero attached hydrogens (tertiary/aromatic N) is 3. The zero-order valence-electron chi connectivity index (χ0n) is 11.5. The highest BCUT2D eigenvalue weighted by atomic mass is 35.5. The normalized spacial score (nSPS) is 34.4. The Morgan fingerprint density at radius 2 is 1.95 bits per heavy atom. The number of quaternary nitrogens is 2. The fraction of sp³-hybridized carbons (Fsp3) is 0.267. The molecule has 21 heavy (non-hydrogen) atoms. The lowest BCUT2D eigenvalue weighted by Crippen LogP contribution is -2.38. The highest BCUT2D eigenvalue weighted by molar-refractivity contribution is 7.74. The van der Waals surface area contributed by atoms with Crippen LogP contribution >= 0.6 is 36.0 Å². The predicted molar refractivity (Wildman–Crippen MR) is 88.3 cm³/mol. The average molecular weight is 340 g/mol. The van der Waals surface area contributed by atoms with Gasteiger partial charge in [-0.25, -0.2) is 9.47 Å². The van der Waals surface area contributed by atoms with E-state index in [-0.39, 0.29) is 0 Å². The molecule has 108 valence electrons. The van der Waals surface area contributed by atoms with Gasteiger partial charge in [-0.3, -0.25) is 0 Å². The summed E-state index contributed by atoms with van der Waals surface area (Å²) in [6.07, 6.45) is 0.293. The van der Waals surface area contributed by atoms with E-state index in [0.29, 0.717) is 31.4 Å². The number of hydrogen-bond acceptors (Lipinski definition) is 2. The quantitative estimate of drug-likeness (QED) is 0.380. The lowest BCUT2D eigenvalue weighted by Gasteiger charge is -2.23. The molecule has 0 spiro atoms. The van der Waals surface area contributed by atoms with E-state index in [2.05, 4.69) is 19.2 Å². The second kappa shape index (κ2) is 4.37. The molecule has 3 heterocycles. The molecule has 3 nitrogen and oxygen atoms in total. The summed E-state index contributed by atoms with van der Waals surface area (Å²) in [5, 5.41) is 2.46. The third kappa shape index (κ3) is 1.87. The van der Waals surface area contributed by atoms with E-state index in [9.17, 15) is 0 Å². The Bertz CT molecular complexity index is 793. The van der Waals surface area contributed by atoms with E-state index in [1.807, 2.05) is 24.3 Å². The number of aromatic nitrogens is 1. The van der Waals surface area contributed by atoms with Crippen LogP contribution in [0.4, 0.5) is 0 Å². The summed E-state index contributed by atoms with van der Waals surface area (Å²) in [7, 11) is 2.10. The summed E-state index contributed by atoms with van der Waals surface area (Å²) >= 11 is 17.7. The summed E-state index contributed by atoms with van der Waals surface area (Å²) in [6.45, 7) is 1.62. The minimum Gasteiger partial charge on any atom is -0.247 e. The molecule has 6 heteroatoms. The zero-order chi connectivity index (χ0) is 14.8. The molecule has 0 saturated carbocycles. The zero-order valence-corrected chi connectivity index (χ0v) is 13.9. The van der Waals surface area contributed by atoms with Gasteiger partial charge in [0.15, 0.2) is 6.54 Å². The largest absolute Gasteiger partial charge is 0.293 e. The van der Waals surface area contributed by atoms with Crippen molar-refractivity contribution in [3.8, 4) is 0 Å². The van der Waals surface area contributed by atoms with Gasteiger partial charge in [-0.1, -0.05) is 24.3 Å². The van der Waals surface area contributed by atoms with E-state index < -0.39 is 0 Å². The van der Waals surface area contributed by atoms with Gasteiger partial charge in [0.1, 0.15) is 6.54 Å². The number of para-hydroxylation sites is 1. The SMILES string of the molecule is C[N+]12CC1[N+](S)(Cc1ccc3ccccc3n1)C(Cl)=C2Cl. The van der Waals surface area contributed by atoms with Gasteiger partial charge >= 0.3 is 0 Å². The highest BCUT2D eigenvalue weighted by Crippen LogP contribution is 2.56. The third-order valence-electron chi connectivity index (χ3n) is 4.58. The number of halogens is 2. The second-order valence-electron chi connectivity index (χ2n) is 5.99. The minimum atomic E-state index is 0.293. The Morgan fingerprint density at radius 3 is 2.67 bits per heavy atom. The van der Waals surface area contributed by atoms with E-state index in [1.165, 1.54) is 0 Å². The van der Waals surface area contributed by atoms with Crippen molar-refractivity contribution in [2.45, 2.75) is 12.7 Å². The molecule has 1 saturated heterocycles. The number of thiol groups is 1. The second-order valence-corrected chi connectivity index (χ2v) is 7.42.